The molecule has 5 atom stereocenters. The van der Waals surface area contributed by atoms with Crippen molar-refractivity contribution in [1.82, 2.24) is 28.7 Å². The summed E-state index contributed by atoms with van der Waals surface area (Å²) in [7, 11) is -0.596. The predicted octanol–water partition coefficient (Wildman–Crippen LogP) is 28.4. The number of rotatable bonds is 12. The van der Waals surface area contributed by atoms with Gasteiger partial charge in [0.25, 0.3) is 0 Å². The minimum absolute atomic E-state index is 0. The summed E-state index contributed by atoms with van der Waals surface area (Å²) in [6, 6.07) is 41.9. The van der Waals surface area contributed by atoms with Crippen molar-refractivity contribution in [2.45, 2.75) is 198 Å². The van der Waals surface area contributed by atoms with E-state index in [4.69, 9.17) is 110 Å². The normalized spacial score (nSPS) is 20.1. The maximum absolute atomic E-state index is 8.75. The second kappa shape index (κ2) is 44.0. The molecule has 0 aliphatic carbocycles. The molecule has 3 aromatic heterocycles. The van der Waals surface area contributed by atoms with Crippen LogP contribution in [0.15, 0.2) is 204 Å². The van der Waals surface area contributed by atoms with Gasteiger partial charge in [-0.1, -0.05) is 215 Å². The van der Waals surface area contributed by atoms with Crippen molar-refractivity contribution in [2.24, 2.45) is 0 Å². The van der Waals surface area contributed by atoms with E-state index >= 15 is 0 Å². The van der Waals surface area contributed by atoms with Gasteiger partial charge < -0.3 is 25.3 Å². The predicted molar refractivity (Wildman–Crippen MR) is 497 cm³/mol. The molecule has 20 heteroatoms. The summed E-state index contributed by atoms with van der Waals surface area (Å²) in [6.07, 6.45) is 8.86. The number of nitrogen functional groups attached to an aromatic ring is 2. The van der Waals surface area contributed by atoms with Crippen LogP contribution < -0.4 is 16.9 Å². The minimum Gasteiger partial charge on any atom is -0.400 e. The van der Waals surface area contributed by atoms with Crippen LogP contribution in [0.2, 0.25) is 0 Å². The Kier molecular flexibility index (Phi) is 20.5. The zero-order chi connectivity index (χ0) is 118. The molecule has 1 aliphatic heterocycles. The first-order chi connectivity index (χ1) is 70.0. The monoisotopic (exact) mass is 1920 g/mol. The summed E-state index contributed by atoms with van der Waals surface area (Å²) in [6.45, 7) is 36.3. The smallest absolute Gasteiger partial charge is 0.400 e. The summed E-state index contributed by atoms with van der Waals surface area (Å²) in [5, 5.41) is 0. The topological polar surface area (TPSA) is 150 Å². The van der Waals surface area contributed by atoms with Crippen LogP contribution in [0.1, 0.15) is 262 Å². The number of hydrogen-bond acceptors (Lipinski definition) is 7. The average Bonchev–Trinajstić information content (AvgIpc) is 1.73. The minimum atomic E-state index is -2.81. The molecular formula is C99H108BBr2IrN14O2-. The fourth-order valence-corrected chi connectivity index (χ4v) is 12.1. The van der Waals surface area contributed by atoms with E-state index in [9.17, 15) is 0 Å². The quantitative estimate of drug-likeness (QED) is 0.0702. The van der Waals surface area contributed by atoms with Gasteiger partial charge in [-0.15, -0.1) is 23.3 Å². The third-order valence-electron chi connectivity index (χ3n) is 18.2. The molecule has 9 aromatic carbocycles. The molecule has 1 aliphatic rings. The Balaban J connectivity index is 0.000000287. The average molecular weight is 1930 g/mol. The molecule has 119 heavy (non-hydrogen) atoms. The molecule has 1 saturated heterocycles. The molecule has 16 nitrogen and oxygen atoms in total. The number of imidazole rings is 3. The Bertz CT molecular complexity index is 7160. The molecule has 613 valence electrons. The standard InChI is InChI=1S/C23H25N3.C23H24N3.C15H19BrN2.C14H18BNO2.C8H6BrN.2C8H8N2.Ir/c2*1-15(2)19-8-7-9-20(16(3)4)22(19)26-13-12-25-23(26)18-11-10-17(5)21(14-18)24-6;1-10(2)12-6-5-7-13(11(3)4)14(12)18-9-8-17-15(18)16;1-10-7-8-11(9-12(10)16-6)15-17-13(2,3)14(4,5)18-15;3*1-6-3-4-7(9)5-8(6)10-2;/h7-16H,1-5H3;7-10,12-16H,1-5H3;5-11H,1-4H3;7-9H,1-5H3;3-5H,1H3;2*3-5H,9H2,1H3;/q;-1;;;;;;/i1D3,3D3,5D3,15D,16D;1D3,5D3,15D,16D;1D3,3D3,10D,11D;3*1D3;;. The van der Waals surface area contributed by atoms with Crippen LogP contribution in [0.4, 0.5) is 45.5 Å². The van der Waals surface area contributed by atoms with Gasteiger partial charge >= 0.3 is 7.12 Å². The maximum atomic E-state index is 8.75. The maximum Gasteiger partial charge on any atom is 0.493 e. The van der Waals surface area contributed by atoms with Crippen molar-refractivity contribution in [3.8, 4) is 39.8 Å². The Morgan fingerprint density at radius 2 is 0.782 bits per heavy atom. The fraction of sp³-hybridized carbons (Fsp3) is 0.303. The molecule has 0 bridgehead atoms. The van der Waals surface area contributed by atoms with Gasteiger partial charge in [0.15, 0.2) is 33.2 Å². The van der Waals surface area contributed by atoms with Crippen molar-refractivity contribution in [3.63, 3.8) is 0 Å². The second-order valence-corrected chi connectivity index (χ2v) is 29.1. The Morgan fingerprint density at radius 3 is 1.21 bits per heavy atom. The third-order valence-corrected chi connectivity index (χ3v) is 19.3. The van der Waals surface area contributed by atoms with Crippen LogP contribution in [0.3, 0.4) is 0 Å². The van der Waals surface area contributed by atoms with E-state index in [0.29, 0.717) is 54.1 Å². The number of halogens is 2. The van der Waals surface area contributed by atoms with E-state index in [-0.39, 0.29) is 127 Å². The number of nitrogens with two attached hydrogens (primary N) is 2. The van der Waals surface area contributed by atoms with E-state index in [0.717, 1.165) is 5.56 Å². The summed E-state index contributed by atoms with van der Waals surface area (Å²) >= 11 is 6.43. The van der Waals surface area contributed by atoms with Gasteiger partial charge in [-0.2, -0.15) is 6.07 Å². The molecule has 0 saturated carbocycles. The number of nitrogens with zero attached hydrogens (tertiary/aromatic N) is 12. The van der Waals surface area contributed by atoms with Crippen LogP contribution >= 0.6 is 31.9 Å². The molecule has 12 aromatic rings. The number of aryl methyl sites for hydroxylation is 6. The Morgan fingerprint density at radius 1 is 0.429 bits per heavy atom. The molecule has 4 heterocycles. The first-order valence-electron chi connectivity index (χ1n) is 53.7. The largest absolute Gasteiger partial charge is 0.493 e. The number of aromatic nitrogens is 6. The summed E-state index contributed by atoms with van der Waals surface area (Å²) in [4.78, 5) is 32.3. The van der Waals surface area contributed by atoms with Gasteiger partial charge in [-0.05, 0) is 216 Å². The molecule has 13 rings (SSSR count). The second-order valence-electron chi connectivity index (χ2n) is 27.4. The van der Waals surface area contributed by atoms with Crippen molar-refractivity contribution in [1.29, 1.82) is 0 Å². The van der Waals surface area contributed by atoms with Gasteiger partial charge in [-0.3, -0.25) is 19.0 Å². The molecule has 1 radical (unpaired) electrons. The molecule has 0 spiro atoms. The van der Waals surface area contributed by atoms with Crippen LogP contribution in [0, 0.1) is 86.7 Å². The van der Waals surface area contributed by atoms with Crippen LogP contribution in [-0.2, 0) is 29.4 Å². The first-order valence-corrected chi connectivity index (χ1v) is 37.3. The Hall–Kier alpha value is -11.3. The van der Waals surface area contributed by atoms with Crippen molar-refractivity contribution in [2.75, 3.05) is 11.5 Å². The van der Waals surface area contributed by atoms with Crippen LogP contribution in [-0.4, -0.2) is 47.0 Å². The van der Waals surface area contributed by atoms with E-state index in [1.54, 1.807) is 67.1 Å². The summed E-state index contributed by atoms with van der Waals surface area (Å²) < 4.78 is 299. The first kappa shape index (κ1) is 55.5. The number of benzene rings is 9. The van der Waals surface area contributed by atoms with Gasteiger partial charge in [0, 0.05) is 134 Å². The van der Waals surface area contributed by atoms with E-state index < -0.39 is 122 Å². The van der Waals surface area contributed by atoms with Gasteiger partial charge in [-0.25, -0.2) is 34.2 Å². The molecule has 4 N–H and O–H groups in total. The van der Waals surface area contributed by atoms with E-state index in [2.05, 4.69) is 81.9 Å². The van der Waals surface area contributed by atoms with Crippen molar-refractivity contribution < 1.29 is 78.8 Å². The van der Waals surface area contributed by atoms with E-state index in [1.807, 2.05) is 40.7 Å². The van der Waals surface area contributed by atoms with Gasteiger partial charge in [0.1, 0.15) is 11.5 Å². The number of anilines is 2. The third kappa shape index (κ3) is 24.7. The fourth-order valence-electron chi connectivity index (χ4n) is 11.4. The summed E-state index contributed by atoms with van der Waals surface area (Å²) in [5.41, 5.74) is 15.3. The van der Waals surface area contributed by atoms with Crippen LogP contribution in [0.25, 0.3) is 68.9 Å². The zero-order valence-corrected chi connectivity index (χ0v) is 72.5. The van der Waals surface area contributed by atoms with Gasteiger partial charge in [0.2, 0.25) is 0 Å². The van der Waals surface area contributed by atoms with E-state index in [1.165, 1.54) is 184 Å². The van der Waals surface area contributed by atoms with Crippen molar-refractivity contribution in [3.05, 3.63) is 345 Å². The molecular weight excluding hydrogens is 1780 g/mol. The van der Waals surface area contributed by atoms with Crippen LogP contribution in [0.5, 0.6) is 0 Å². The zero-order valence-electron chi connectivity index (χ0n) is 103. The number of hydrogen-bond donors (Lipinski definition) is 2. The van der Waals surface area contributed by atoms with Gasteiger partial charge in [0.05, 0.1) is 67.8 Å². The SMILES string of the molecule is [2H]C([2H])([2H])C([2H])(C)c1cccc(C([2H])(C)C([2H])([2H])[2H])c1-n1ccnc1Br.[2H]C([2H])([2H])c1c[c-]c(-c2nccn2-c2c(C([2H])(C)C)cccc2C([2H])(C)C([2H])([2H])[2H])cc1[N+]#[C-].[2H]C([2H])([2H])c1ccc(-c2nccn2-c2c(C([2H])(C)C([2H])([2H])[2H])cccc2C([2H])(C)C([2H])([2H])[2H])cc1[N+]#[C-].[2H]C([2H])([2H])c1ccc(B2OC(C)(C)C(C)(C)O2)cc1[N+]#[C-].[2H]C([2H])([2H])c1ccc(Br)cc1[N+]#[C-].[2H]C([2H])([2H])c1ccc(N)cc1[N+]#[C-].[C-]#[N+]c1cc(N)ccc1C.[Ir]. The molecule has 0 amide bonds. The molecule has 1 fully saturated rings. The number of para-hydroxylation sites is 3. The summed E-state index contributed by atoms with van der Waals surface area (Å²) in [5.74, 6) is -11.1. The van der Waals surface area contributed by atoms with Crippen molar-refractivity contribution >= 4 is 89.9 Å². The Labute approximate surface area is 788 Å². The molecule has 5 unspecified atom stereocenters.